The van der Waals surface area contributed by atoms with E-state index < -0.39 is 0 Å². The number of nitrogens with two attached hydrogens (primary N) is 1. The summed E-state index contributed by atoms with van der Waals surface area (Å²) in [5.41, 5.74) is 7.20. The molecular formula is C15H23N3. The first-order valence-electron chi connectivity index (χ1n) is 6.66. The van der Waals surface area contributed by atoms with E-state index in [-0.39, 0.29) is 5.54 Å². The van der Waals surface area contributed by atoms with Crippen LogP contribution in [0.5, 0.6) is 0 Å². The maximum Gasteiger partial charge on any atom is 0.0906 e. The van der Waals surface area contributed by atoms with Crippen LogP contribution in [0.2, 0.25) is 0 Å². The standard InChI is InChI=1S/C15H23N3/c1-13(16)17-12-15(2)9-6-10-18(15)11-14-7-4-3-5-8-14/h3-5,7-8H,6,9-12H2,1-2H3,(H2,16,17). The molecule has 18 heavy (non-hydrogen) atoms. The highest BCUT2D eigenvalue weighted by molar-refractivity contribution is 5.77. The van der Waals surface area contributed by atoms with Gasteiger partial charge in [0.2, 0.25) is 0 Å². The topological polar surface area (TPSA) is 41.6 Å². The van der Waals surface area contributed by atoms with E-state index in [4.69, 9.17) is 5.73 Å². The summed E-state index contributed by atoms with van der Waals surface area (Å²) in [5, 5.41) is 0. The van der Waals surface area contributed by atoms with Crippen molar-refractivity contribution in [3.8, 4) is 0 Å². The zero-order chi connectivity index (χ0) is 13.0. The third-order valence-electron chi connectivity index (χ3n) is 3.79. The molecule has 2 N–H and O–H groups in total. The van der Waals surface area contributed by atoms with Gasteiger partial charge in [-0.3, -0.25) is 9.89 Å². The fourth-order valence-corrected chi connectivity index (χ4v) is 2.63. The molecule has 0 saturated carbocycles. The van der Waals surface area contributed by atoms with Crippen LogP contribution in [0.3, 0.4) is 0 Å². The van der Waals surface area contributed by atoms with Crippen molar-refractivity contribution >= 4 is 5.84 Å². The van der Waals surface area contributed by atoms with Crippen LogP contribution in [0.1, 0.15) is 32.3 Å². The van der Waals surface area contributed by atoms with E-state index in [1.807, 2.05) is 6.92 Å². The molecule has 1 aromatic carbocycles. The first-order valence-corrected chi connectivity index (χ1v) is 6.66. The van der Waals surface area contributed by atoms with E-state index in [0.717, 1.165) is 19.6 Å². The Morgan fingerprint density at radius 1 is 1.39 bits per heavy atom. The average molecular weight is 245 g/mol. The molecule has 3 nitrogen and oxygen atoms in total. The summed E-state index contributed by atoms with van der Waals surface area (Å²) in [5.74, 6) is 0.683. The van der Waals surface area contributed by atoms with E-state index in [2.05, 4.69) is 47.1 Å². The van der Waals surface area contributed by atoms with Crippen LogP contribution in [0.25, 0.3) is 0 Å². The molecule has 1 saturated heterocycles. The van der Waals surface area contributed by atoms with E-state index in [0.29, 0.717) is 5.84 Å². The number of hydrogen-bond donors (Lipinski definition) is 1. The number of hydrogen-bond acceptors (Lipinski definition) is 2. The maximum absolute atomic E-state index is 5.66. The molecule has 1 heterocycles. The lowest BCUT2D eigenvalue weighted by Gasteiger charge is -2.34. The normalized spacial score (nSPS) is 25.6. The predicted molar refractivity (Wildman–Crippen MR) is 76.7 cm³/mol. The van der Waals surface area contributed by atoms with Gasteiger partial charge in [-0.2, -0.15) is 0 Å². The van der Waals surface area contributed by atoms with Gasteiger partial charge in [0.25, 0.3) is 0 Å². The van der Waals surface area contributed by atoms with Crippen LogP contribution in [0.4, 0.5) is 0 Å². The summed E-state index contributed by atoms with van der Waals surface area (Å²) in [4.78, 5) is 6.96. The summed E-state index contributed by atoms with van der Waals surface area (Å²) in [6.07, 6.45) is 2.46. The highest BCUT2D eigenvalue weighted by atomic mass is 15.2. The van der Waals surface area contributed by atoms with Gasteiger partial charge in [0, 0.05) is 12.1 Å². The Hall–Kier alpha value is -1.35. The summed E-state index contributed by atoms with van der Waals surface area (Å²) in [6, 6.07) is 10.6. The minimum absolute atomic E-state index is 0.163. The highest BCUT2D eigenvalue weighted by Crippen LogP contribution is 2.30. The van der Waals surface area contributed by atoms with Crippen molar-refractivity contribution in [2.45, 2.75) is 38.8 Å². The van der Waals surface area contributed by atoms with Crippen LogP contribution < -0.4 is 5.73 Å². The van der Waals surface area contributed by atoms with Crippen LogP contribution in [-0.4, -0.2) is 29.4 Å². The van der Waals surface area contributed by atoms with Crippen molar-refractivity contribution in [2.75, 3.05) is 13.1 Å². The lowest BCUT2D eigenvalue weighted by molar-refractivity contribution is 0.155. The second-order valence-electron chi connectivity index (χ2n) is 5.47. The number of rotatable bonds is 4. The SMILES string of the molecule is CC(N)=NCC1(C)CCCN1Cc1ccccc1. The third kappa shape index (κ3) is 3.10. The van der Waals surface area contributed by atoms with Gasteiger partial charge in [0.05, 0.1) is 12.4 Å². The molecule has 1 fully saturated rings. The number of amidine groups is 1. The molecule has 1 aromatic rings. The smallest absolute Gasteiger partial charge is 0.0906 e. The molecule has 0 aliphatic carbocycles. The Kier molecular flexibility index (Phi) is 4.02. The minimum atomic E-state index is 0.163. The Labute approximate surface area is 110 Å². The number of aliphatic imine (C=N–C) groups is 1. The number of nitrogens with zero attached hydrogens (tertiary/aromatic N) is 2. The molecule has 1 atom stereocenters. The maximum atomic E-state index is 5.66. The van der Waals surface area contributed by atoms with Gasteiger partial charge in [-0.15, -0.1) is 0 Å². The first-order chi connectivity index (χ1) is 8.60. The van der Waals surface area contributed by atoms with E-state index in [1.165, 1.54) is 18.4 Å². The monoisotopic (exact) mass is 245 g/mol. The highest BCUT2D eigenvalue weighted by Gasteiger charge is 2.36. The first kappa shape index (κ1) is 13.1. The van der Waals surface area contributed by atoms with Gasteiger partial charge < -0.3 is 5.73 Å². The molecule has 0 aromatic heterocycles. The molecular weight excluding hydrogens is 222 g/mol. The largest absolute Gasteiger partial charge is 0.388 e. The summed E-state index contributed by atoms with van der Waals surface area (Å²) in [6.45, 7) is 7.14. The zero-order valence-corrected chi connectivity index (χ0v) is 11.4. The van der Waals surface area contributed by atoms with Gasteiger partial charge in [-0.25, -0.2) is 0 Å². The lowest BCUT2D eigenvalue weighted by Crippen LogP contribution is -2.43. The molecule has 0 bridgehead atoms. The quantitative estimate of drug-likeness (QED) is 0.654. The summed E-state index contributed by atoms with van der Waals surface area (Å²) >= 11 is 0. The van der Waals surface area contributed by atoms with Crippen molar-refractivity contribution in [3.63, 3.8) is 0 Å². The Morgan fingerprint density at radius 2 is 2.11 bits per heavy atom. The number of benzene rings is 1. The van der Waals surface area contributed by atoms with Crippen LogP contribution in [0, 0.1) is 0 Å². The lowest BCUT2D eigenvalue weighted by atomic mass is 9.98. The number of likely N-dealkylation sites (tertiary alicyclic amines) is 1. The van der Waals surface area contributed by atoms with Crippen LogP contribution in [-0.2, 0) is 6.54 Å². The molecule has 98 valence electrons. The Morgan fingerprint density at radius 3 is 2.78 bits per heavy atom. The molecule has 0 radical (unpaired) electrons. The van der Waals surface area contributed by atoms with Crippen molar-refractivity contribution < 1.29 is 0 Å². The summed E-state index contributed by atoms with van der Waals surface area (Å²) < 4.78 is 0. The molecule has 0 amide bonds. The fraction of sp³-hybridized carbons (Fsp3) is 0.533. The van der Waals surface area contributed by atoms with Gasteiger partial charge in [-0.1, -0.05) is 30.3 Å². The fourth-order valence-electron chi connectivity index (χ4n) is 2.63. The zero-order valence-electron chi connectivity index (χ0n) is 11.4. The van der Waals surface area contributed by atoms with Crippen LogP contribution in [0.15, 0.2) is 35.3 Å². The predicted octanol–water partition coefficient (Wildman–Crippen LogP) is 2.42. The van der Waals surface area contributed by atoms with Gasteiger partial charge >= 0.3 is 0 Å². The molecule has 3 heteroatoms. The van der Waals surface area contributed by atoms with E-state index >= 15 is 0 Å². The second-order valence-corrected chi connectivity index (χ2v) is 5.47. The van der Waals surface area contributed by atoms with Crippen molar-refractivity contribution in [1.29, 1.82) is 0 Å². The average Bonchev–Trinajstić information content (AvgIpc) is 2.71. The molecule has 1 aliphatic rings. The van der Waals surface area contributed by atoms with Gasteiger partial charge in [0.1, 0.15) is 0 Å². The van der Waals surface area contributed by atoms with Gasteiger partial charge in [-0.05, 0) is 38.8 Å². The van der Waals surface area contributed by atoms with Crippen molar-refractivity contribution in [3.05, 3.63) is 35.9 Å². The van der Waals surface area contributed by atoms with E-state index in [9.17, 15) is 0 Å². The van der Waals surface area contributed by atoms with Gasteiger partial charge in [0.15, 0.2) is 0 Å². The molecule has 1 unspecified atom stereocenters. The Balaban J connectivity index is 2.05. The molecule has 0 spiro atoms. The molecule has 1 aliphatic heterocycles. The minimum Gasteiger partial charge on any atom is -0.388 e. The van der Waals surface area contributed by atoms with E-state index in [1.54, 1.807) is 0 Å². The van der Waals surface area contributed by atoms with Crippen LogP contribution >= 0.6 is 0 Å². The third-order valence-corrected chi connectivity index (χ3v) is 3.79. The Bertz CT molecular complexity index is 409. The molecule has 2 rings (SSSR count). The van der Waals surface area contributed by atoms with Crippen molar-refractivity contribution in [2.24, 2.45) is 10.7 Å². The van der Waals surface area contributed by atoms with Crippen molar-refractivity contribution in [1.82, 2.24) is 4.90 Å². The second kappa shape index (κ2) is 5.53. The summed E-state index contributed by atoms with van der Waals surface area (Å²) in [7, 11) is 0.